The van der Waals surface area contributed by atoms with E-state index in [9.17, 15) is 4.79 Å². The van der Waals surface area contributed by atoms with E-state index in [1.54, 1.807) is 11.3 Å². The standard InChI is InChI=1S/C17H27N3O2S/c1-13-11-19(12-14(2)22-13)9-7-18-17(21)20-8-3-5-15(20)16-6-4-10-23-16/h4,6,10,13-15H,3,5,7-9,11-12H2,1-2H3,(H,18,21)/t13-,14+,15-/m1/s1. The van der Waals surface area contributed by atoms with Gasteiger partial charge in [-0.2, -0.15) is 0 Å². The zero-order chi connectivity index (χ0) is 16.2. The number of urea groups is 1. The maximum absolute atomic E-state index is 12.5. The molecule has 3 heterocycles. The van der Waals surface area contributed by atoms with Crippen molar-refractivity contribution in [2.24, 2.45) is 0 Å². The molecular formula is C17H27N3O2S. The largest absolute Gasteiger partial charge is 0.373 e. The monoisotopic (exact) mass is 337 g/mol. The number of hydrogen-bond donors (Lipinski definition) is 1. The van der Waals surface area contributed by atoms with Gasteiger partial charge < -0.3 is 15.0 Å². The van der Waals surface area contributed by atoms with E-state index in [0.29, 0.717) is 6.54 Å². The van der Waals surface area contributed by atoms with Crippen molar-refractivity contribution in [2.75, 3.05) is 32.7 Å². The highest BCUT2D eigenvalue weighted by Crippen LogP contribution is 2.34. The van der Waals surface area contributed by atoms with E-state index in [4.69, 9.17) is 4.74 Å². The summed E-state index contributed by atoms with van der Waals surface area (Å²) in [5.74, 6) is 0. The number of ether oxygens (including phenoxy) is 1. The third-order valence-corrected chi connectivity index (χ3v) is 5.56. The van der Waals surface area contributed by atoms with Crippen LogP contribution in [0.3, 0.4) is 0 Å². The lowest BCUT2D eigenvalue weighted by molar-refractivity contribution is -0.0672. The molecule has 0 saturated carbocycles. The fraction of sp³-hybridized carbons (Fsp3) is 0.706. The van der Waals surface area contributed by atoms with Crippen molar-refractivity contribution < 1.29 is 9.53 Å². The fourth-order valence-corrected chi connectivity index (χ4v) is 4.55. The molecule has 0 bridgehead atoms. The van der Waals surface area contributed by atoms with Gasteiger partial charge in [0.05, 0.1) is 18.2 Å². The van der Waals surface area contributed by atoms with Crippen molar-refractivity contribution in [3.63, 3.8) is 0 Å². The summed E-state index contributed by atoms with van der Waals surface area (Å²) in [4.78, 5) is 18.2. The quantitative estimate of drug-likeness (QED) is 0.919. The van der Waals surface area contributed by atoms with Gasteiger partial charge in [0, 0.05) is 37.6 Å². The number of nitrogens with zero attached hydrogens (tertiary/aromatic N) is 2. The Labute approximate surface area is 142 Å². The molecule has 0 spiro atoms. The Morgan fingerprint density at radius 3 is 2.87 bits per heavy atom. The molecule has 1 N–H and O–H groups in total. The average molecular weight is 337 g/mol. The Morgan fingerprint density at radius 2 is 2.17 bits per heavy atom. The van der Waals surface area contributed by atoms with Crippen molar-refractivity contribution >= 4 is 17.4 Å². The topological polar surface area (TPSA) is 44.8 Å². The Morgan fingerprint density at radius 1 is 1.39 bits per heavy atom. The van der Waals surface area contributed by atoms with Gasteiger partial charge in [-0.3, -0.25) is 4.90 Å². The Bertz CT molecular complexity index is 498. The van der Waals surface area contributed by atoms with Crippen molar-refractivity contribution in [1.29, 1.82) is 0 Å². The number of carbonyl (C=O) groups is 1. The molecule has 6 heteroatoms. The molecule has 0 unspecified atom stereocenters. The molecule has 1 aromatic rings. The molecule has 3 atom stereocenters. The SMILES string of the molecule is C[C@@H]1CN(CCNC(=O)N2CCC[C@@H]2c2cccs2)C[C@H](C)O1. The number of amides is 2. The van der Waals surface area contributed by atoms with Crippen LogP contribution in [0.2, 0.25) is 0 Å². The Balaban J connectivity index is 1.46. The van der Waals surface area contributed by atoms with Crippen LogP contribution >= 0.6 is 11.3 Å². The lowest BCUT2D eigenvalue weighted by atomic mass is 10.2. The van der Waals surface area contributed by atoms with Crippen LogP contribution < -0.4 is 5.32 Å². The normalized spacial score (nSPS) is 29.0. The lowest BCUT2D eigenvalue weighted by Gasteiger charge is -2.35. The van der Waals surface area contributed by atoms with Crippen LogP contribution in [-0.4, -0.2) is 60.8 Å². The Kier molecular flexibility index (Phi) is 5.56. The van der Waals surface area contributed by atoms with Crippen LogP contribution in [0, 0.1) is 0 Å². The van der Waals surface area contributed by atoms with E-state index < -0.39 is 0 Å². The third kappa shape index (κ3) is 4.25. The lowest BCUT2D eigenvalue weighted by Crippen LogP contribution is -2.49. The molecule has 1 aromatic heterocycles. The van der Waals surface area contributed by atoms with Gasteiger partial charge in [-0.15, -0.1) is 11.3 Å². The molecule has 128 valence electrons. The van der Waals surface area contributed by atoms with Crippen LogP contribution in [0.4, 0.5) is 4.79 Å². The number of carbonyl (C=O) groups excluding carboxylic acids is 1. The van der Waals surface area contributed by atoms with Crippen LogP contribution in [0.25, 0.3) is 0 Å². The minimum atomic E-state index is 0.0789. The summed E-state index contributed by atoms with van der Waals surface area (Å²) in [5, 5.41) is 5.19. The highest BCUT2D eigenvalue weighted by Gasteiger charge is 2.30. The molecule has 2 aliphatic heterocycles. The molecule has 2 saturated heterocycles. The first kappa shape index (κ1) is 16.7. The summed E-state index contributed by atoms with van der Waals surface area (Å²) < 4.78 is 5.74. The number of nitrogens with one attached hydrogen (secondary N) is 1. The molecule has 23 heavy (non-hydrogen) atoms. The zero-order valence-electron chi connectivity index (χ0n) is 14.0. The maximum atomic E-state index is 12.5. The third-order valence-electron chi connectivity index (χ3n) is 4.58. The Hall–Kier alpha value is -1.11. The summed E-state index contributed by atoms with van der Waals surface area (Å²) in [6, 6.07) is 4.54. The minimum absolute atomic E-state index is 0.0789. The van der Waals surface area contributed by atoms with E-state index >= 15 is 0 Å². The number of thiophene rings is 1. The number of likely N-dealkylation sites (tertiary alicyclic amines) is 1. The molecule has 2 aliphatic rings. The molecule has 2 amide bonds. The van der Waals surface area contributed by atoms with Gasteiger partial charge in [-0.05, 0) is 38.1 Å². The van der Waals surface area contributed by atoms with Gasteiger partial charge >= 0.3 is 6.03 Å². The fourth-order valence-electron chi connectivity index (χ4n) is 3.68. The van der Waals surface area contributed by atoms with Gasteiger partial charge in [0.1, 0.15) is 0 Å². The second-order valence-corrected chi connectivity index (χ2v) is 7.59. The van der Waals surface area contributed by atoms with Gasteiger partial charge in [0.15, 0.2) is 0 Å². The van der Waals surface area contributed by atoms with Crippen LogP contribution in [0.15, 0.2) is 17.5 Å². The molecule has 0 radical (unpaired) electrons. The first-order chi connectivity index (χ1) is 11.1. The molecular weight excluding hydrogens is 310 g/mol. The first-order valence-electron chi connectivity index (χ1n) is 8.59. The van der Waals surface area contributed by atoms with Crippen LogP contribution in [-0.2, 0) is 4.74 Å². The minimum Gasteiger partial charge on any atom is -0.373 e. The van der Waals surface area contributed by atoms with Crippen LogP contribution in [0.1, 0.15) is 37.6 Å². The van der Waals surface area contributed by atoms with Crippen molar-refractivity contribution in [1.82, 2.24) is 15.1 Å². The molecule has 3 rings (SSSR count). The maximum Gasteiger partial charge on any atom is 0.317 e. The predicted molar refractivity (Wildman–Crippen MR) is 92.8 cm³/mol. The average Bonchev–Trinajstić information content (AvgIpc) is 3.17. The molecule has 0 aromatic carbocycles. The van der Waals surface area contributed by atoms with E-state index in [0.717, 1.165) is 39.0 Å². The molecule has 0 aliphatic carbocycles. The van der Waals surface area contributed by atoms with E-state index in [1.165, 1.54) is 4.88 Å². The van der Waals surface area contributed by atoms with E-state index in [2.05, 4.69) is 41.6 Å². The highest BCUT2D eigenvalue weighted by atomic mass is 32.1. The zero-order valence-corrected chi connectivity index (χ0v) is 14.8. The second-order valence-electron chi connectivity index (χ2n) is 6.62. The van der Waals surface area contributed by atoms with Crippen molar-refractivity contribution in [2.45, 2.75) is 44.9 Å². The summed E-state index contributed by atoms with van der Waals surface area (Å²) >= 11 is 1.74. The van der Waals surface area contributed by atoms with Crippen molar-refractivity contribution in [3.05, 3.63) is 22.4 Å². The number of rotatable bonds is 4. The summed E-state index contributed by atoms with van der Waals surface area (Å²) in [5.41, 5.74) is 0. The molecule has 5 nitrogen and oxygen atoms in total. The number of hydrogen-bond acceptors (Lipinski definition) is 4. The summed E-state index contributed by atoms with van der Waals surface area (Å²) in [6.45, 7) is 8.56. The smallest absolute Gasteiger partial charge is 0.317 e. The first-order valence-corrected chi connectivity index (χ1v) is 9.47. The van der Waals surface area contributed by atoms with Gasteiger partial charge in [0.2, 0.25) is 0 Å². The van der Waals surface area contributed by atoms with Gasteiger partial charge in [0.25, 0.3) is 0 Å². The molecule has 2 fully saturated rings. The highest BCUT2D eigenvalue weighted by molar-refractivity contribution is 7.10. The second kappa shape index (κ2) is 7.64. The predicted octanol–water partition coefficient (Wildman–Crippen LogP) is 2.70. The summed E-state index contributed by atoms with van der Waals surface area (Å²) in [7, 11) is 0. The van der Waals surface area contributed by atoms with Crippen molar-refractivity contribution in [3.8, 4) is 0 Å². The van der Waals surface area contributed by atoms with E-state index in [1.807, 2.05) is 4.90 Å². The van der Waals surface area contributed by atoms with Crippen LogP contribution in [0.5, 0.6) is 0 Å². The van der Waals surface area contributed by atoms with E-state index in [-0.39, 0.29) is 24.3 Å². The van der Waals surface area contributed by atoms with Gasteiger partial charge in [-0.25, -0.2) is 4.79 Å². The van der Waals surface area contributed by atoms with Gasteiger partial charge in [-0.1, -0.05) is 6.07 Å². The summed E-state index contributed by atoms with van der Waals surface area (Å²) in [6.07, 6.45) is 2.72. The number of morpholine rings is 1.